The summed E-state index contributed by atoms with van der Waals surface area (Å²) in [5.41, 5.74) is 8.34. The largest absolute Gasteiger partial charge is 0.399 e. The van der Waals surface area contributed by atoms with Crippen LogP contribution in [0.25, 0.3) is 0 Å². The molecule has 0 aliphatic carbocycles. The summed E-state index contributed by atoms with van der Waals surface area (Å²) in [4.78, 5) is 0.231. The Morgan fingerprint density at radius 1 is 1.24 bits per heavy atom. The van der Waals surface area contributed by atoms with Gasteiger partial charge in [-0.2, -0.15) is 5.10 Å². The number of hydrogen-bond donors (Lipinski definition) is 3. The first-order chi connectivity index (χ1) is 9.40. The Morgan fingerprint density at radius 2 is 1.86 bits per heavy atom. The molecule has 0 saturated heterocycles. The summed E-state index contributed by atoms with van der Waals surface area (Å²) in [7, 11) is -3.53. The number of halogens is 1. The molecule has 1 aromatic heterocycles. The van der Waals surface area contributed by atoms with Gasteiger partial charge in [-0.1, -0.05) is 12.1 Å². The molecule has 6 nitrogen and oxygen atoms in total. The van der Waals surface area contributed by atoms with E-state index in [0.29, 0.717) is 30.0 Å². The van der Waals surface area contributed by atoms with Crippen molar-refractivity contribution >= 4 is 28.1 Å². The Morgan fingerprint density at radius 3 is 2.38 bits per heavy atom. The van der Waals surface area contributed by atoms with E-state index >= 15 is 0 Å². The molecule has 0 radical (unpaired) electrons. The van der Waals surface area contributed by atoms with Gasteiger partial charge in [0.2, 0.25) is 10.0 Å². The van der Waals surface area contributed by atoms with E-state index in [-0.39, 0.29) is 17.3 Å². The molecule has 1 aromatic carbocycles. The summed E-state index contributed by atoms with van der Waals surface area (Å²) in [5, 5.41) is 6.57. The molecule has 0 bridgehead atoms. The van der Waals surface area contributed by atoms with Crippen LogP contribution in [0, 0.1) is 13.8 Å². The van der Waals surface area contributed by atoms with Gasteiger partial charge in [-0.05, 0) is 38.0 Å². The Bertz CT molecular complexity index is 676. The van der Waals surface area contributed by atoms with Gasteiger partial charge in [-0.25, -0.2) is 13.1 Å². The Labute approximate surface area is 130 Å². The molecule has 0 amide bonds. The number of hydrogen-bond acceptors (Lipinski definition) is 4. The minimum absolute atomic E-state index is 0. The summed E-state index contributed by atoms with van der Waals surface area (Å²) in [6.45, 7) is 3.68. The van der Waals surface area contributed by atoms with Gasteiger partial charge in [0, 0.05) is 12.2 Å². The molecule has 2 rings (SSSR count). The highest BCUT2D eigenvalue weighted by Crippen LogP contribution is 2.16. The lowest BCUT2D eigenvalue weighted by Crippen LogP contribution is -2.26. The molecule has 2 aromatic rings. The number of benzene rings is 1. The second kappa shape index (κ2) is 6.93. The Hall–Kier alpha value is -1.57. The number of sulfonamides is 1. The monoisotopic (exact) mass is 330 g/mol. The van der Waals surface area contributed by atoms with Crippen molar-refractivity contribution in [1.82, 2.24) is 14.9 Å². The van der Waals surface area contributed by atoms with Gasteiger partial charge in [-0.15, -0.1) is 12.4 Å². The van der Waals surface area contributed by atoms with E-state index in [1.54, 1.807) is 26.0 Å². The molecule has 0 atom stereocenters. The van der Waals surface area contributed by atoms with Crippen molar-refractivity contribution in [1.29, 1.82) is 0 Å². The quantitative estimate of drug-likeness (QED) is 0.724. The number of aromatic amines is 1. The van der Waals surface area contributed by atoms with Crippen molar-refractivity contribution in [2.24, 2.45) is 0 Å². The molecule has 4 N–H and O–H groups in total. The topological polar surface area (TPSA) is 101 Å². The van der Waals surface area contributed by atoms with E-state index in [0.717, 1.165) is 5.56 Å². The van der Waals surface area contributed by atoms with Crippen LogP contribution < -0.4 is 10.5 Å². The van der Waals surface area contributed by atoms with E-state index in [1.165, 1.54) is 0 Å². The van der Waals surface area contributed by atoms with Crippen molar-refractivity contribution in [2.75, 3.05) is 12.3 Å². The number of nitrogens with two attached hydrogens (primary N) is 1. The second-order valence-corrected chi connectivity index (χ2v) is 6.36. The van der Waals surface area contributed by atoms with E-state index in [9.17, 15) is 8.42 Å². The predicted molar refractivity (Wildman–Crippen MR) is 85.1 cm³/mol. The van der Waals surface area contributed by atoms with Gasteiger partial charge in [0.1, 0.15) is 4.90 Å². The van der Waals surface area contributed by atoms with E-state index < -0.39 is 10.0 Å². The number of nitrogen functional groups attached to an aromatic ring is 1. The lowest BCUT2D eigenvalue weighted by molar-refractivity contribution is 0.580. The van der Waals surface area contributed by atoms with Crippen molar-refractivity contribution in [3.8, 4) is 0 Å². The fraction of sp³-hybridized carbons (Fsp3) is 0.308. The first kappa shape index (κ1) is 17.5. The van der Waals surface area contributed by atoms with Crippen molar-refractivity contribution in [3.63, 3.8) is 0 Å². The van der Waals surface area contributed by atoms with Crippen LogP contribution in [0.4, 0.5) is 5.69 Å². The second-order valence-electron chi connectivity index (χ2n) is 4.65. The first-order valence-electron chi connectivity index (χ1n) is 6.26. The van der Waals surface area contributed by atoms with Gasteiger partial charge in [-0.3, -0.25) is 5.10 Å². The molecule has 1 heterocycles. The third-order valence-electron chi connectivity index (χ3n) is 3.01. The van der Waals surface area contributed by atoms with Crippen LogP contribution in [0.15, 0.2) is 29.2 Å². The summed E-state index contributed by atoms with van der Waals surface area (Å²) < 4.78 is 27.0. The number of aryl methyl sites for hydroxylation is 2. The van der Waals surface area contributed by atoms with Crippen LogP contribution in [0.1, 0.15) is 17.0 Å². The summed E-state index contributed by atoms with van der Waals surface area (Å²) in [6.07, 6.45) is 0.607. The van der Waals surface area contributed by atoms with Crippen molar-refractivity contribution in [2.45, 2.75) is 25.2 Å². The number of nitrogens with zero attached hydrogens (tertiary/aromatic N) is 1. The zero-order chi connectivity index (χ0) is 14.8. The third kappa shape index (κ3) is 4.20. The zero-order valence-electron chi connectivity index (χ0n) is 11.9. The first-order valence-corrected chi connectivity index (χ1v) is 7.74. The SMILES string of the molecule is Cc1n[nH]c(C)c1S(=O)(=O)NCCc1ccc(N)cc1.Cl. The molecule has 8 heteroatoms. The summed E-state index contributed by atoms with van der Waals surface area (Å²) in [5.74, 6) is 0. The van der Waals surface area contributed by atoms with E-state index in [1.807, 2.05) is 12.1 Å². The number of anilines is 1. The third-order valence-corrected chi connectivity index (χ3v) is 4.74. The van der Waals surface area contributed by atoms with Crippen LogP contribution >= 0.6 is 12.4 Å². The number of aromatic nitrogens is 2. The summed E-state index contributed by atoms with van der Waals surface area (Å²) >= 11 is 0. The fourth-order valence-electron chi connectivity index (χ4n) is 2.02. The molecule has 0 saturated carbocycles. The molecule has 21 heavy (non-hydrogen) atoms. The van der Waals surface area contributed by atoms with Crippen LogP contribution in [0.3, 0.4) is 0 Å². The van der Waals surface area contributed by atoms with Gasteiger partial charge in [0.15, 0.2) is 0 Å². The number of rotatable bonds is 5. The van der Waals surface area contributed by atoms with Crippen molar-refractivity contribution in [3.05, 3.63) is 41.2 Å². The fourth-order valence-corrected chi connectivity index (χ4v) is 3.42. The lowest BCUT2D eigenvalue weighted by atomic mass is 10.1. The lowest BCUT2D eigenvalue weighted by Gasteiger charge is -2.07. The Balaban J connectivity index is 0.00000220. The number of nitrogens with one attached hydrogen (secondary N) is 2. The minimum atomic E-state index is -3.53. The van der Waals surface area contributed by atoms with E-state index in [4.69, 9.17) is 5.73 Å². The molecule has 0 spiro atoms. The van der Waals surface area contributed by atoms with Crippen LogP contribution in [-0.4, -0.2) is 25.2 Å². The predicted octanol–water partition coefficient (Wildman–Crippen LogP) is 1.55. The zero-order valence-corrected chi connectivity index (χ0v) is 13.5. The van der Waals surface area contributed by atoms with E-state index in [2.05, 4.69) is 14.9 Å². The standard InChI is InChI=1S/C13H18N4O2S.ClH/c1-9-13(10(2)17-16-9)20(18,19)15-8-7-11-3-5-12(14)6-4-11;/h3-6,15H,7-8,14H2,1-2H3,(H,16,17);1H. The molecular formula is C13H19ClN4O2S. The molecule has 0 aliphatic heterocycles. The minimum Gasteiger partial charge on any atom is -0.399 e. The van der Waals surface area contributed by atoms with Crippen LogP contribution in [0.2, 0.25) is 0 Å². The van der Waals surface area contributed by atoms with Gasteiger partial charge < -0.3 is 5.73 Å². The smallest absolute Gasteiger partial charge is 0.244 e. The molecular weight excluding hydrogens is 312 g/mol. The van der Waals surface area contributed by atoms with Crippen LogP contribution in [0.5, 0.6) is 0 Å². The van der Waals surface area contributed by atoms with Gasteiger partial charge in [0.05, 0.1) is 11.4 Å². The molecule has 0 aliphatic rings. The highest BCUT2D eigenvalue weighted by molar-refractivity contribution is 7.89. The highest BCUT2D eigenvalue weighted by Gasteiger charge is 2.21. The van der Waals surface area contributed by atoms with Gasteiger partial charge >= 0.3 is 0 Å². The summed E-state index contributed by atoms with van der Waals surface area (Å²) in [6, 6.07) is 7.37. The highest BCUT2D eigenvalue weighted by atomic mass is 35.5. The average molecular weight is 331 g/mol. The molecule has 0 fully saturated rings. The number of H-pyrrole nitrogens is 1. The maximum atomic E-state index is 12.2. The van der Waals surface area contributed by atoms with Crippen LogP contribution in [-0.2, 0) is 16.4 Å². The Kier molecular flexibility index (Phi) is 5.77. The molecule has 0 unspecified atom stereocenters. The normalized spacial score (nSPS) is 11.1. The maximum Gasteiger partial charge on any atom is 0.244 e. The average Bonchev–Trinajstić information content (AvgIpc) is 2.72. The van der Waals surface area contributed by atoms with Crippen molar-refractivity contribution < 1.29 is 8.42 Å². The van der Waals surface area contributed by atoms with Gasteiger partial charge in [0.25, 0.3) is 0 Å². The molecule has 116 valence electrons. The maximum absolute atomic E-state index is 12.2.